The maximum atomic E-state index is 12.7. The van der Waals surface area contributed by atoms with Crippen molar-refractivity contribution >= 4 is 5.91 Å². The third-order valence-corrected chi connectivity index (χ3v) is 5.85. The molecule has 1 fully saturated rings. The molecule has 2 aliphatic carbocycles. The third-order valence-electron chi connectivity index (χ3n) is 5.85. The topological polar surface area (TPSA) is 81.2 Å². The molecule has 1 saturated heterocycles. The van der Waals surface area contributed by atoms with Crippen molar-refractivity contribution < 1.29 is 9.32 Å². The Kier molecular flexibility index (Phi) is 3.69. The van der Waals surface area contributed by atoms with E-state index >= 15 is 0 Å². The standard InChI is InChI=1S/C19H22N4O3/c24-17-8-13-4-3-7-15(13)20-23(17)11-12-9-22(10-12)19(25)18-14-5-1-2-6-16(14)21-26-18/h8,12H,1-7,9-11H2. The van der Waals surface area contributed by atoms with Crippen LogP contribution in [0.2, 0.25) is 0 Å². The van der Waals surface area contributed by atoms with Crippen LogP contribution in [0.1, 0.15) is 52.3 Å². The predicted molar refractivity (Wildman–Crippen MR) is 93.1 cm³/mol. The number of likely N-dealkylation sites (tertiary alicyclic amines) is 1. The zero-order valence-electron chi connectivity index (χ0n) is 14.7. The Balaban J connectivity index is 1.25. The summed E-state index contributed by atoms with van der Waals surface area (Å²) in [6.45, 7) is 1.85. The number of aromatic nitrogens is 3. The van der Waals surface area contributed by atoms with E-state index in [2.05, 4.69) is 10.3 Å². The van der Waals surface area contributed by atoms with Crippen LogP contribution in [-0.2, 0) is 32.2 Å². The van der Waals surface area contributed by atoms with Gasteiger partial charge in [0.25, 0.3) is 11.5 Å². The fourth-order valence-corrected chi connectivity index (χ4v) is 4.37. The fourth-order valence-electron chi connectivity index (χ4n) is 4.37. The van der Waals surface area contributed by atoms with Gasteiger partial charge in [-0.2, -0.15) is 5.10 Å². The van der Waals surface area contributed by atoms with Crippen LogP contribution in [0.15, 0.2) is 15.4 Å². The first kappa shape index (κ1) is 15.8. The highest BCUT2D eigenvalue weighted by atomic mass is 16.5. The summed E-state index contributed by atoms with van der Waals surface area (Å²) >= 11 is 0. The molecule has 136 valence electrons. The van der Waals surface area contributed by atoms with Crippen molar-refractivity contribution in [2.24, 2.45) is 5.92 Å². The maximum Gasteiger partial charge on any atom is 0.292 e. The van der Waals surface area contributed by atoms with Crippen molar-refractivity contribution in [2.75, 3.05) is 13.1 Å². The molecule has 7 nitrogen and oxygen atoms in total. The molecule has 0 radical (unpaired) electrons. The second-order valence-corrected chi connectivity index (χ2v) is 7.71. The number of fused-ring (bicyclic) bond motifs is 2. The van der Waals surface area contributed by atoms with Gasteiger partial charge in [-0.25, -0.2) is 4.68 Å². The summed E-state index contributed by atoms with van der Waals surface area (Å²) < 4.78 is 6.93. The lowest BCUT2D eigenvalue weighted by Gasteiger charge is -2.38. The highest BCUT2D eigenvalue weighted by Crippen LogP contribution is 2.27. The summed E-state index contributed by atoms with van der Waals surface area (Å²) in [7, 11) is 0. The van der Waals surface area contributed by atoms with Crippen LogP contribution in [0.5, 0.6) is 0 Å². The summed E-state index contributed by atoms with van der Waals surface area (Å²) in [5.41, 5.74) is 4.09. The lowest BCUT2D eigenvalue weighted by atomic mass is 9.94. The molecule has 0 unspecified atom stereocenters. The molecule has 26 heavy (non-hydrogen) atoms. The molecule has 1 amide bonds. The van der Waals surface area contributed by atoms with Crippen LogP contribution < -0.4 is 5.56 Å². The Labute approximate surface area is 151 Å². The van der Waals surface area contributed by atoms with E-state index in [1.807, 2.05) is 0 Å². The van der Waals surface area contributed by atoms with Crippen molar-refractivity contribution in [3.63, 3.8) is 0 Å². The van der Waals surface area contributed by atoms with E-state index in [0.29, 0.717) is 25.4 Å². The van der Waals surface area contributed by atoms with Gasteiger partial charge in [0.2, 0.25) is 5.76 Å². The van der Waals surface area contributed by atoms with Crippen molar-refractivity contribution in [3.05, 3.63) is 44.7 Å². The number of carbonyl (C=O) groups excluding carboxylic acids is 1. The number of carbonyl (C=O) groups is 1. The minimum Gasteiger partial charge on any atom is -0.350 e. The minimum absolute atomic E-state index is 0.0280. The lowest BCUT2D eigenvalue weighted by Crippen LogP contribution is -2.52. The van der Waals surface area contributed by atoms with Crippen molar-refractivity contribution in [1.29, 1.82) is 0 Å². The summed E-state index contributed by atoms with van der Waals surface area (Å²) in [6, 6.07) is 1.73. The first-order valence-electron chi connectivity index (χ1n) is 9.55. The molecule has 0 bridgehead atoms. The van der Waals surface area contributed by atoms with E-state index in [1.165, 1.54) is 0 Å². The monoisotopic (exact) mass is 354 g/mol. The van der Waals surface area contributed by atoms with Crippen molar-refractivity contribution in [3.8, 4) is 0 Å². The average molecular weight is 354 g/mol. The van der Waals surface area contributed by atoms with Gasteiger partial charge in [0.1, 0.15) is 0 Å². The molecule has 0 saturated carbocycles. The number of hydrogen-bond donors (Lipinski definition) is 0. The van der Waals surface area contributed by atoms with Crippen molar-refractivity contribution in [2.45, 2.75) is 51.5 Å². The minimum atomic E-state index is -0.0637. The van der Waals surface area contributed by atoms with E-state index in [9.17, 15) is 9.59 Å². The van der Waals surface area contributed by atoms with E-state index in [1.54, 1.807) is 15.6 Å². The van der Waals surface area contributed by atoms with E-state index in [-0.39, 0.29) is 17.4 Å². The van der Waals surface area contributed by atoms with Crippen LogP contribution >= 0.6 is 0 Å². The van der Waals surface area contributed by atoms with Gasteiger partial charge in [-0.3, -0.25) is 9.59 Å². The largest absolute Gasteiger partial charge is 0.350 e. The Morgan fingerprint density at radius 2 is 1.92 bits per heavy atom. The first-order chi connectivity index (χ1) is 12.7. The number of rotatable bonds is 3. The van der Waals surface area contributed by atoms with Gasteiger partial charge in [-0.05, 0) is 50.5 Å². The van der Waals surface area contributed by atoms with Gasteiger partial charge in [0.15, 0.2) is 0 Å². The van der Waals surface area contributed by atoms with Crippen molar-refractivity contribution in [1.82, 2.24) is 19.8 Å². The Morgan fingerprint density at radius 3 is 2.81 bits per heavy atom. The predicted octanol–water partition coefficient (Wildman–Crippen LogP) is 1.37. The van der Waals surface area contributed by atoms with Crippen LogP contribution in [0, 0.1) is 5.92 Å². The van der Waals surface area contributed by atoms with Crippen LogP contribution in [0.3, 0.4) is 0 Å². The third kappa shape index (κ3) is 2.57. The Morgan fingerprint density at radius 1 is 1.12 bits per heavy atom. The second kappa shape index (κ2) is 6.07. The van der Waals surface area contributed by atoms with Crippen LogP contribution in [0.25, 0.3) is 0 Å². The summed E-state index contributed by atoms with van der Waals surface area (Å²) in [6.07, 6.45) is 6.99. The normalized spacial score (nSPS) is 19.2. The zero-order chi connectivity index (χ0) is 17.7. The maximum absolute atomic E-state index is 12.7. The molecule has 3 aliphatic rings. The average Bonchev–Trinajstić information content (AvgIpc) is 3.23. The smallest absolute Gasteiger partial charge is 0.292 e. The zero-order valence-corrected chi connectivity index (χ0v) is 14.7. The van der Waals surface area contributed by atoms with Crippen LogP contribution in [0.4, 0.5) is 0 Å². The molecule has 0 spiro atoms. The molecule has 0 N–H and O–H groups in total. The fraction of sp³-hybridized carbons (Fsp3) is 0.579. The number of hydrogen-bond acceptors (Lipinski definition) is 5. The molecule has 0 atom stereocenters. The molecule has 5 rings (SSSR count). The highest BCUT2D eigenvalue weighted by Gasteiger charge is 2.36. The molecule has 0 aromatic carbocycles. The Hall–Kier alpha value is -2.44. The van der Waals surface area contributed by atoms with Gasteiger partial charge in [0, 0.05) is 30.6 Å². The summed E-state index contributed by atoms with van der Waals surface area (Å²) in [5, 5.41) is 8.60. The molecule has 1 aliphatic heterocycles. The van der Waals surface area contributed by atoms with Gasteiger partial charge in [0.05, 0.1) is 17.9 Å². The quantitative estimate of drug-likeness (QED) is 0.832. The van der Waals surface area contributed by atoms with E-state index < -0.39 is 0 Å². The van der Waals surface area contributed by atoms with E-state index in [4.69, 9.17) is 4.52 Å². The Bertz CT molecular complexity index is 923. The molecule has 2 aromatic rings. The molecular formula is C19H22N4O3. The first-order valence-corrected chi connectivity index (χ1v) is 9.55. The summed E-state index contributed by atoms with van der Waals surface area (Å²) in [5.74, 6) is 0.625. The lowest BCUT2D eigenvalue weighted by molar-refractivity contribution is 0.0416. The van der Waals surface area contributed by atoms with Gasteiger partial charge < -0.3 is 9.42 Å². The number of aryl methyl sites for hydroxylation is 3. The SMILES string of the molecule is O=C(c1onc2c1CCCC2)N1CC(Cn2nc3c(cc2=O)CCC3)C1. The molecule has 3 heterocycles. The highest BCUT2D eigenvalue weighted by molar-refractivity contribution is 5.93. The van der Waals surface area contributed by atoms with Gasteiger partial charge in [-0.15, -0.1) is 0 Å². The van der Waals surface area contributed by atoms with E-state index in [0.717, 1.165) is 67.5 Å². The second-order valence-electron chi connectivity index (χ2n) is 7.71. The van der Waals surface area contributed by atoms with Gasteiger partial charge >= 0.3 is 0 Å². The molecule has 2 aromatic heterocycles. The molecular weight excluding hydrogens is 332 g/mol. The number of nitrogens with zero attached hydrogens (tertiary/aromatic N) is 4. The molecule has 7 heteroatoms. The summed E-state index contributed by atoms with van der Waals surface area (Å²) in [4.78, 5) is 26.7. The van der Waals surface area contributed by atoms with Crippen LogP contribution in [-0.4, -0.2) is 38.8 Å². The number of amides is 1. The van der Waals surface area contributed by atoms with Gasteiger partial charge in [-0.1, -0.05) is 5.16 Å².